The number of nitrogens with one attached hydrogen (secondary N) is 7. The van der Waals surface area contributed by atoms with Gasteiger partial charge in [-0.25, -0.2) is 16.3 Å². The Hall–Kier alpha value is -1.67. The molecule has 0 aromatic heterocycles. The molecule has 378 valence electrons. The summed E-state index contributed by atoms with van der Waals surface area (Å²) in [5.74, 6) is 0.721. The molecule has 15 nitrogen and oxygen atoms in total. The van der Waals surface area contributed by atoms with E-state index in [1.165, 1.54) is 31.4 Å². The molecule has 19 heteroatoms. The Morgan fingerprint density at radius 3 is 2.33 bits per heavy atom. The summed E-state index contributed by atoms with van der Waals surface area (Å²) >= 11 is 2.09. The predicted octanol–water partition coefficient (Wildman–Crippen LogP) is 5.33. The van der Waals surface area contributed by atoms with Gasteiger partial charge in [0.25, 0.3) is 0 Å². The maximum absolute atomic E-state index is 13.3. The number of hydrazine groups is 2. The first-order chi connectivity index (χ1) is 32.3. The molecule has 9 aliphatic rings. The second kappa shape index (κ2) is 22.4. The summed E-state index contributed by atoms with van der Waals surface area (Å²) in [6.45, 7) is 11.6. The van der Waals surface area contributed by atoms with Crippen molar-refractivity contribution in [2.45, 2.75) is 221 Å². The van der Waals surface area contributed by atoms with Crippen molar-refractivity contribution in [2.24, 2.45) is 34.1 Å². The van der Waals surface area contributed by atoms with Crippen LogP contribution in [0.5, 0.6) is 0 Å². The number of carbonyl (C=O) groups is 1. The van der Waals surface area contributed by atoms with E-state index in [0.717, 1.165) is 103 Å². The number of aliphatic imine (C=N–C) groups is 1. The maximum Gasteiger partial charge on any atom is 0.522 e. The molecule has 9 rings (SSSR count). The van der Waals surface area contributed by atoms with E-state index >= 15 is 0 Å². The van der Waals surface area contributed by atoms with Crippen molar-refractivity contribution in [1.29, 1.82) is 5.26 Å². The molecular weight excluding hydrogens is 886 g/mol. The number of nitriles is 1. The van der Waals surface area contributed by atoms with Gasteiger partial charge in [0.1, 0.15) is 12.3 Å². The molecule has 4 aliphatic carbocycles. The molecule has 8 fully saturated rings. The van der Waals surface area contributed by atoms with Crippen LogP contribution < -0.4 is 37.7 Å². The summed E-state index contributed by atoms with van der Waals surface area (Å²) in [6.07, 6.45) is 10.2. The number of rotatable bonds is 14. The fraction of sp³-hybridized carbons (Fsp3) is 0.938. The number of ether oxygens (including phenoxy) is 4. The summed E-state index contributed by atoms with van der Waals surface area (Å²) in [5.41, 5.74) is 15.6. The zero-order chi connectivity index (χ0) is 46.7. The summed E-state index contributed by atoms with van der Waals surface area (Å²) in [4.78, 5) is 21.6. The number of amides is 1. The van der Waals surface area contributed by atoms with Crippen molar-refractivity contribution in [3.8, 4) is 6.07 Å². The zero-order valence-electron chi connectivity index (χ0n) is 40.0. The third-order valence-corrected chi connectivity index (χ3v) is 18.8. The van der Waals surface area contributed by atoms with Gasteiger partial charge < -0.3 is 19.5 Å². The van der Waals surface area contributed by atoms with Gasteiger partial charge in [-0.15, -0.1) is 24.9 Å². The molecule has 0 aromatic carbocycles. The number of piperidine rings is 1. The van der Waals surface area contributed by atoms with Crippen molar-refractivity contribution >= 4 is 23.4 Å². The van der Waals surface area contributed by atoms with Crippen molar-refractivity contribution < 1.29 is 36.9 Å². The molecular formula is C48H79F3N10O5S. The van der Waals surface area contributed by atoms with Crippen LogP contribution in [-0.4, -0.2) is 133 Å². The molecule has 4 saturated carbocycles. The fourth-order valence-electron chi connectivity index (χ4n) is 13.2. The number of nitrogens with zero attached hydrogens (tertiary/aromatic N) is 3. The number of fused-ring (bicyclic) bond motifs is 1. The maximum atomic E-state index is 13.3. The molecule has 11 unspecified atom stereocenters. The monoisotopic (exact) mass is 965 g/mol. The number of likely N-dealkylation sites (tertiary alicyclic amines) is 1. The molecule has 1 amide bonds. The average molecular weight is 965 g/mol. The minimum absolute atomic E-state index is 0.00733. The Labute approximate surface area is 400 Å². The zero-order valence-corrected chi connectivity index (χ0v) is 40.8. The summed E-state index contributed by atoms with van der Waals surface area (Å²) in [5, 5.41) is 21.0. The smallest absolute Gasteiger partial charge is 0.375 e. The highest BCUT2D eigenvalue weighted by molar-refractivity contribution is 8.00. The lowest BCUT2D eigenvalue weighted by molar-refractivity contribution is -0.351. The van der Waals surface area contributed by atoms with Crippen molar-refractivity contribution in [3.63, 3.8) is 0 Å². The lowest BCUT2D eigenvalue weighted by Gasteiger charge is -2.54. The van der Waals surface area contributed by atoms with E-state index < -0.39 is 18.4 Å². The molecule has 67 heavy (non-hydrogen) atoms. The third-order valence-electron chi connectivity index (χ3n) is 17.2. The Balaban J connectivity index is 0.667. The van der Waals surface area contributed by atoms with Gasteiger partial charge in [0.15, 0.2) is 0 Å². The minimum Gasteiger partial charge on any atom is -0.375 e. The Kier molecular flexibility index (Phi) is 16.8. The average Bonchev–Trinajstić information content (AvgIpc) is 3.89. The van der Waals surface area contributed by atoms with Crippen LogP contribution in [0.1, 0.15) is 136 Å². The first kappa shape index (κ1) is 50.3. The molecule has 1 spiro atoms. The van der Waals surface area contributed by atoms with Gasteiger partial charge in [-0.1, -0.05) is 20.8 Å². The first-order valence-corrected chi connectivity index (χ1v) is 27.1. The summed E-state index contributed by atoms with van der Waals surface area (Å²) < 4.78 is 62.2. The van der Waals surface area contributed by atoms with Crippen LogP contribution in [0.15, 0.2) is 4.99 Å². The van der Waals surface area contributed by atoms with Gasteiger partial charge in [-0.05, 0) is 120 Å². The summed E-state index contributed by atoms with van der Waals surface area (Å²) in [6, 6.07) is 1.79. The molecule has 7 N–H and O–H groups in total. The number of carbonyl (C=O) groups excluding carboxylic acids is 1. The number of hydrogen-bond donors (Lipinski definition) is 7. The van der Waals surface area contributed by atoms with Crippen LogP contribution in [0.2, 0.25) is 0 Å². The van der Waals surface area contributed by atoms with Crippen LogP contribution >= 0.6 is 11.8 Å². The van der Waals surface area contributed by atoms with Crippen molar-refractivity contribution in [3.05, 3.63) is 0 Å². The van der Waals surface area contributed by atoms with Crippen LogP contribution in [0.3, 0.4) is 0 Å². The highest BCUT2D eigenvalue weighted by atomic mass is 32.2. The molecule has 5 heterocycles. The van der Waals surface area contributed by atoms with Crippen LogP contribution in [-0.2, 0) is 23.7 Å². The number of alkyl halides is 3. The first-order valence-electron chi connectivity index (χ1n) is 26.2. The Bertz CT molecular complexity index is 1690. The van der Waals surface area contributed by atoms with Crippen molar-refractivity contribution in [2.75, 3.05) is 32.8 Å². The van der Waals surface area contributed by atoms with Crippen molar-refractivity contribution in [1.82, 2.24) is 42.6 Å². The van der Waals surface area contributed by atoms with E-state index in [0.29, 0.717) is 58.8 Å². The quantitative estimate of drug-likeness (QED) is 0.111. The van der Waals surface area contributed by atoms with E-state index in [9.17, 15) is 23.2 Å². The molecule has 0 bridgehead atoms. The topological polar surface area (TPSA) is 178 Å². The normalized spacial score (nSPS) is 42.0. The predicted molar refractivity (Wildman–Crippen MR) is 250 cm³/mol. The SMILES string of the molecule is CCNNC1NC2SC(C)C(C)C2C(C2CCC(OC3CC4(CCN(C5CCC(C(=O)NC6CCC(OC7CCC(C#N)C(OC(F)(F)F)C7)CC6)NN5)CC4)C3)CC2)=N[C@H]1CC1NCCO1. The van der Waals surface area contributed by atoms with Gasteiger partial charge in [0, 0.05) is 61.9 Å². The molecule has 5 aliphatic heterocycles. The van der Waals surface area contributed by atoms with Gasteiger partial charge in [-0.3, -0.25) is 35.5 Å². The van der Waals surface area contributed by atoms with E-state index in [1.807, 2.05) is 6.07 Å². The number of halogens is 3. The Morgan fingerprint density at radius 1 is 0.955 bits per heavy atom. The molecule has 4 saturated heterocycles. The lowest BCUT2D eigenvalue weighted by Crippen LogP contribution is -2.64. The van der Waals surface area contributed by atoms with Gasteiger partial charge in [0.05, 0.1) is 72.9 Å². The van der Waals surface area contributed by atoms with Crippen LogP contribution in [0.25, 0.3) is 0 Å². The fourth-order valence-corrected chi connectivity index (χ4v) is 14.8. The second-order valence-electron chi connectivity index (χ2n) is 21.6. The Morgan fingerprint density at radius 2 is 1.67 bits per heavy atom. The van der Waals surface area contributed by atoms with E-state index in [-0.39, 0.29) is 61.2 Å². The van der Waals surface area contributed by atoms with Gasteiger partial charge >= 0.3 is 6.36 Å². The summed E-state index contributed by atoms with van der Waals surface area (Å²) in [7, 11) is 0. The highest BCUT2D eigenvalue weighted by Crippen LogP contribution is 2.52. The second-order valence-corrected chi connectivity index (χ2v) is 23.2. The molecule has 0 aromatic rings. The van der Waals surface area contributed by atoms with Crippen LogP contribution in [0.4, 0.5) is 13.2 Å². The molecule has 12 atom stereocenters. The highest BCUT2D eigenvalue weighted by Gasteiger charge is 2.51. The lowest BCUT2D eigenvalue weighted by atomic mass is 9.61. The third kappa shape index (κ3) is 12.5. The van der Waals surface area contributed by atoms with Crippen LogP contribution in [0, 0.1) is 40.4 Å². The molecule has 0 radical (unpaired) electrons. The van der Waals surface area contributed by atoms with Gasteiger partial charge in [-0.2, -0.15) is 5.26 Å². The largest absolute Gasteiger partial charge is 0.522 e. The number of thioether (sulfide) groups is 1. The van der Waals surface area contributed by atoms with E-state index in [2.05, 4.69) is 79.8 Å². The number of hydrogen-bond acceptors (Lipinski definition) is 15. The van der Waals surface area contributed by atoms with E-state index in [4.69, 9.17) is 19.2 Å². The standard InChI is InChI=1S/C48H79F3N10O5S/c1-4-54-60-44-38(24-41-53-19-22-63-41)56-43(42-28(2)29(3)67-46(42)57-44)30-5-10-33(11-6-30)65-36-25-47(26-36)17-20-61(21-18-47)40-16-15-37(58-59-40)45(62)55-32-8-13-34(14-9-32)64-35-12-7-31(27-52)39(23-35)66-48(49,50)51/h28-42,44,46,53-54,57-60H,4-26H2,1-3H3,(H,55,62)/t28?,29?,30?,31?,32?,33?,34?,35?,37?,38-,39?,40?,41?,42?,44?,46?/m0/s1. The minimum atomic E-state index is -4.78. The van der Waals surface area contributed by atoms with Gasteiger partial charge in [0.2, 0.25) is 5.91 Å². The van der Waals surface area contributed by atoms with E-state index in [1.54, 1.807) is 0 Å².